The number of aliphatic imine (C=N–C) groups is 1. The van der Waals surface area contributed by atoms with Crippen molar-refractivity contribution in [3.05, 3.63) is 40.3 Å². The van der Waals surface area contributed by atoms with Gasteiger partial charge in [0.1, 0.15) is 0 Å². The summed E-state index contributed by atoms with van der Waals surface area (Å²) in [5.41, 5.74) is 2.20. The summed E-state index contributed by atoms with van der Waals surface area (Å²) in [5.74, 6) is 0. The van der Waals surface area contributed by atoms with Crippen LogP contribution in [-0.2, 0) is 0 Å². The predicted molar refractivity (Wildman–Crippen MR) is 72.0 cm³/mol. The lowest BCUT2D eigenvalue weighted by Crippen LogP contribution is -2.34. The van der Waals surface area contributed by atoms with Gasteiger partial charge in [-0.25, -0.2) is 0 Å². The zero-order valence-electron chi connectivity index (χ0n) is 9.01. The summed E-state index contributed by atoms with van der Waals surface area (Å²) >= 11 is 7.49. The largest absolute Gasteiger partial charge is 0.394 e. The molecule has 0 radical (unpaired) electrons. The number of amidine groups is 1. The van der Waals surface area contributed by atoms with Crippen LogP contribution in [0.3, 0.4) is 0 Å². The summed E-state index contributed by atoms with van der Waals surface area (Å²) in [5, 5.41) is 13.1. The molecule has 3 rings (SSSR count). The third kappa shape index (κ3) is 1.86. The molecule has 0 bridgehead atoms. The first kappa shape index (κ1) is 11.1. The van der Waals surface area contributed by atoms with E-state index < -0.39 is 0 Å². The van der Waals surface area contributed by atoms with E-state index in [9.17, 15) is 5.11 Å². The molecule has 2 aliphatic rings. The minimum absolute atomic E-state index is 0.0712. The quantitative estimate of drug-likeness (QED) is 0.893. The van der Waals surface area contributed by atoms with E-state index in [1.165, 1.54) is 0 Å². The monoisotopic (exact) mass is 266 g/mol. The molecule has 0 unspecified atom stereocenters. The topological polar surface area (TPSA) is 35.8 Å². The highest BCUT2D eigenvalue weighted by Gasteiger charge is 2.34. The second-order valence-corrected chi connectivity index (χ2v) is 5.23. The molecule has 88 valence electrons. The van der Waals surface area contributed by atoms with Gasteiger partial charge in [0, 0.05) is 10.4 Å². The van der Waals surface area contributed by atoms with Crippen LogP contribution < -0.4 is 0 Å². The fraction of sp³-hybridized carbons (Fsp3) is 0.250. The van der Waals surface area contributed by atoms with E-state index >= 15 is 0 Å². The zero-order chi connectivity index (χ0) is 11.8. The summed E-state index contributed by atoms with van der Waals surface area (Å²) in [6, 6.07) is 7.81. The summed E-state index contributed by atoms with van der Waals surface area (Å²) < 4.78 is 0. The van der Waals surface area contributed by atoms with Crippen molar-refractivity contribution in [1.82, 2.24) is 4.90 Å². The Morgan fingerprint density at radius 1 is 1.41 bits per heavy atom. The molecular weight excluding hydrogens is 256 g/mol. The van der Waals surface area contributed by atoms with Crippen LogP contribution in [0.2, 0.25) is 5.02 Å². The summed E-state index contributed by atoms with van der Waals surface area (Å²) in [6.07, 6.45) is 0. The molecule has 0 saturated heterocycles. The zero-order valence-corrected chi connectivity index (χ0v) is 10.6. The molecule has 0 aromatic heterocycles. The van der Waals surface area contributed by atoms with Crippen LogP contribution in [0, 0.1) is 0 Å². The second kappa shape index (κ2) is 4.37. The molecule has 0 aliphatic carbocycles. The van der Waals surface area contributed by atoms with Gasteiger partial charge in [-0.05, 0) is 17.7 Å². The Bertz CT molecular complexity index is 498. The van der Waals surface area contributed by atoms with Gasteiger partial charge in [-0.3, -0.25) is 4.99 Å². The van der Waals surface area contributed by atoms with Gasteiger partial charge in [-0.2, -0.15) is 0 Å². The van der Waals surface area contributed by atoms with E-state index in [1.807, 2.05) is 24.3 Å². The van der Waals surface area contributed by atoms with Crippen molar-refractivity contribution in [1.29, 1.82) is 0 Å². The summed E-state index contributed by atoms with van der Waals surface area (Å²) in [4.78, 5) is 6.52. The highest BCUT2D eigenvalue weighted by molar-refractivity contribution is 8.16. The van der Waals surface area contributed by atoms with E-state index in [0.717, 1.165) is 21.5 Å². The number of nitrogens with zero attached hydrogens (tertiary/aromatic N) is 2. The van der Waals surface area contributed by atoms with E-state index in [1.54, 1.807) is 11.8 Å². The lowest BCUT2D eigenvalue weighted by Gasteiger charge is -2.24. The van der Waals surface area contributed by atoms with E-state index in [-0.39, 0.29) is 12.6 Å². The van der Waals surface area contributed by atoms with Gasteiger partial charge in [-0.1, -0.05) is 35.5 Å². The van der Waals surface area contributed by atoms with Crippen molar-refractivity contribution in [2.75, 3.05) is 13.2 Å². The van der Waals surface area contributed by atoms with Crippen LogP contribution in [0.4, 0.5) is 0 Å². The van der Waals surface area contributed by atoms with Crippen LogP contribution in [0.1, 0.15) is 5.56 Å². The summed E-state index contributed by atoms with van der Waals surface area (Å²) in [6.45, 7) is 0.794. The van der Waals surface area contributed by atoms with Gasteiger partial charge in [0.2, 0.25) is 0 Å². The molecule has 1 aromatic rings. The Hall–Kier alpha value is -0.970. The van der Waals surface area contributed by atoms with Crippen molar-refractivity contribution >= 4 is 34.2 Å². The highest BCUT2D eigenvalue weighted by Crippen LogP contribution is 2.37. The maximum atomic E-state index is 9.35. The van der Waals surface area contributed by atoms with E-state index in [0.29, 0.717) is 6.54 Å². The second-order valence-electron chi connectivity index (χ2n) is 3.96. The van der Waals surface area contributed by atoms with Gasteiger partial charge in [0.05, 0.1) is 24.9 Å². The van der Waals surface area contributed by atoms with Gasteiger partial charge < -0.3 is 10.0 Å². The SMILES string of the molecule is OC[C@@H]1CN=C2SC=C(c3ccc(Cl)cc3)N21. The molecule has 0 spiro atoms. The van der Waals surface area contributed by atoms with Gasteiger partial charge in [0.15, 0.2) is 5.17 Å². The third-order valence-corrected chi connectivity index (χ3v) is 4.02. The molecule has 5 heteroatoms. The maximum absolute atomic E-state index is 9.35. The van der Waals surface area contributed by atoms with Crippen molar-refractivity contribution in [2.45, 2.75) is 6.04 Å². The van der Waals surface area contributed by atoms with Crippen LogP contribution in [-0.4, -0.2) is 34.4 Å². The van der Waals surface area contributed by atoms with Gasteiger partial charge in [0.25, 0.3) is 0 Å². The molecule has 0 amide bonds. The molecule has 1 N–H and O–H groups in total. The van der Waals surface area contributed by atoms with Crippen LogP contribution in [0.5, 0.6) is 0 Å². The Morgan fingerprint density at radius 3 is 2.88 bits per heavy atom. The fourth-order valence-electron chi connectivity index (χ4n) is 2.02. The predicted octanol–water partition coefficient (Wildman–Crippen LogP) is 2.42. The van der Waals surface area contributed by atoms with Crippen molar-refractivity contribution in [3.8, 4) is 0 Å². The van der Waals surface area contributed by atoms with Crippen LogP contribution in [0.25, 0.3) is 5.70 Å². The normalized spacial score (nSPS) is 22.5. The van der Waals surface area contributed by atoms with Crippen LogP contribution in [0.15, 0.2) is 34.7 Å². The van der Waals surface area contributed by atoms with Crippen molar-refractivity contribution < 1.29 is 5.11 Å². The highest BCUT2D eigenvalue weighted by atomic mass is 35.5. The fourth-order valence-corrected chi connectivity index (χ4v) is 3.13. The maximum Gasteiger partial charge on any atom is 0.168 e. The van der Waals surface area contributed by atoms with Gasteiger partial charge >= 0.3 is 0 Å². The Balaban J connectivity index is 1.94. The molecule has 17 heavy (non-hydrogen) atoms. The summed E-state index contributed by atoms with van der Waals surface area (Å²) in [7, 11) is 0. The van der Waals surface area contributed by atoms with Gasteiger partial charge in [-0.15, -0.1) is 0 Å². The lowest BCUT2D eigenvalue weighted by molar-refractivity contribution is 0.227. The number of aliphatic hydroxyl groups is 1. The first-order valence-corrected chi connectivity index (χ1v) is 6.62. The van der Waals surface area contributed by atoms with E-state index in [2.05, 4.69) is 15.3 Å². The standard InChI is InChI=1S/C12H11ClN2OS/c13-9-3-1-8(2-4-9)11-7-17-12-14-5-10(6-16)15(11)12/h1-4,7,10,16H,5-6H2/t10-/m0/s1. The molecule has 3 nitrogen and oxygen atoms in total. The molecule has 1 aromatic carbocycles. The average molecular weight is 267 g/mol. The molecular formula is C12H11ClN2OS. The number of rotatable bonds is 2. The number of benzene rings is 1. The molecule has 2 aliphatic heterocycles. The van der Waals surface area contributed by atoms with Crippen LogP contribution >= 0.6 is 23.4 Å². The number of hydrogen-bond acceptors (Lipinski definition) is 4. The molecule has 2 heterocycles. The Kier molecular flexibility index (Phi) is 2.86. The Labute approximate surface area is 109 Å². The van der Waals surface area contributed by atoms with Crippen molar-refractivity contribution in [2.24, 2.45) is 4.99 Å². The number of fused-ring (bicyclic) bond motifs is 1. The molecule has 0 saturated carbocycles. The lowest BCUT2D eigenvalue weighted by atomic mass is 10.1. The van der Waals surface area contributed by atoms with Crippen molar-refractivity contribution in [3.63, 3.8) is 0 Å². The smallest absolute Gasteiger partial charge is 0.168 e. The third-order valence-electron chi connectivity index (χ3n) is 2.89. The number of halogens is 1. The first-order chi connectivity index (χ1) is 8.29. The number of aliphatic hydroxyl groups excluding tert-OH is 1. The number of hydrogen-bond donors (Lipinski definition) is 1. The minimum Gasteiger partial charge on any atom is -0.394 e. The molecule has 1 atom stereocenters. The number of thioether (sulfide) groups is 1. The first-order valence-electron chi connectivity index (χ1n) is 5.37. The minimum atomic E-state index is 0.0712. The average Bonchev–Trinajstić information content (AvgIpc) is 2.91. The Morgan fingerprint density at radius 2 is 2.18 bits per heavy atom. The molecule has 0 fully saturated rings. The van der Waals surface area contributed by atoms with E-state index in [4.69, 9.17) is 11.6 Å².